The smallest absolute Gasteiger partial charge is 0.269 e. The van der Waals surface area contributed by atoms with Gasteiger partial charge in [-0.2, -0.15) is 0 Å². The van der Waals surface area contributed by atoms with E-state index in [-0.39, 0.29) is 17.7 Å². The molecule has 0 saturated heterocycles. The van der Waals surface area contributed by atoms with Crippen LogP contribution >= 0.6 is 11.5 Å². The van der Waals surface area contributed by atoms with Gasteiger partial charge in [-0.15, -0.1) is 5.10 Å². The molecule has 6 nitrogen and oxygen atoms in total. The van der Waals surface area contributed by atoms with E-state index in [2.05, 4.69) is 20.2 Å². The first-order valence-electron chi connectivity index (χ1n) is 7.44. The van der Waals surface area contributed by atoms with E-state index in [9.17, 15) is 9.59 Å². The second-order valence-corrected chi connectivity index (χ2v) is 6.17. The number of carbonyl (C=O) groups is 2. The average Bonchev–Trinajstić information content (AvgIpc) is 2.96. The lowest BCUT2D eigenvalue weighted by Gasteiger charge is -2.15. The predicted molar refractivity (Wildman–Crippen MR) is 91.9 cm³/mol. The number of aryl methyl sites for hydroxylation is 1. The fourth-order valence-electron chi connectivity index (χ4n) is 1.97. The molecule has 0 radical (unpaired) electrons. The van der Waals surface area contributed by atoms with Crippen molar-refractivity contribution in [2.24, 2.45) is 5.92 Å². The van der Waals surface area contributed by atoms with Gasteiger partial charge >= 0.3 is 0 Å². The normalized spacial score (nSPS) is 11.8. The van der Waals surface area contributed by atoms with Crippen LogP contribution in [0.5, 0.6) is 0 Å². The predicted octanol–water partition coefficient (Wildman–Crippen LogP) is 3.39. The summed E-state index contributed by atoms with van der Waals surface area (Å²) in [5, 5.41) is 9.60. The van der Waals surface area contributed by atoms with Gasteiger partial charge in [0.25, 0.3) is 5.91 Å². The molecule has 0 bridgehead atoms. The Morgan fingerprint density at radius 3 is 2.43 bits per heavy atom. The zero-order valence-corrected chi connectivity index (χ0v) is 14.5. The molecule has 2 amide bonds. The Morgan fingerprint density at radius 1 is 1.22 bits per heavy atom. The number of amides is 2. The number of rotatable bonds is 5. The van der Waals surface area contributed by atoms with Gasteiger partial charge in [-0.1, -0.05) is 24.4 Å². The second-order valence-electron chi connectivity index (χ2n) is 5.42. The van der Waals surface area contributed by atoms with E-state index in [4.69, 9.17) is 0 Å². The van der Waals surface area contributed by atoms with Gasteiger partial charge in [-0.05, 0) is 49.5 Å². The summed E-state index contributed by atoms with van der Waals surface area (Å²) in [5.74, 6) is -0.328. The van der Waals surface area contributed by atoms with E-state index in [1.54, 1.807) is 19.1 Å². The summed E-state index contributed by atoms with van der Waals surface area (Å²) in [5.41, 5.74) is 2.77. The first kappa shape index (κ1) is 17.1. The molecule has 23 heavy (non-hydrogen) atoms. The van der Waals surface area contributed by atoms with Crippen LogP contribution < -0.4 is 10.6 Å². The van der Waals surface area contributed by atoms with Gasteiger partial charge in [-0.3, -0.25) is 9.59 Å². The minimum absolute atomic E-state index is 0.0263. The molecule has 0 fully saturated rings. The number of nitrogens with zero attached hydrogens (tertiary/aromatic N) is 2. The number of hydrogen-bond donors (Lipinski definition) is 2. The van der Waals surface area contributed by atoms with Crippen LogP contribution in [0, 0.1) is 19.8 Å². The van der Waals surface area contributed by atoms with Crippen molar-refractivity contribution in [3.8, 4) is 0 Å². The van der Waals surface area contributed by atoms with Crippen LogP contribution in [0.15, 0.2) is 18.2 Å². The quantitative estimate of drug-likeness (QED) is 0.879. The number of hydrogen-bond acceptors (Lipinski definition) is 5. The van der Waals surface area contributed by atoms with E-state index >= 15 is 0 Å². The molecule has 7 heteroatoms. The SMILES string of the molecule is CCC(C)C(=O)Nc1cccc(NC(=O)c2snnc2C)c1C. The van der Waals surface area contributed by atoms with Crippen molar-refractivity contribution in [2.75, 3.05) is 10.6 Å². The minimum atomic E-state index is -0.244. The molecule has 2 N–H and O–H groups in total. The lowest BCUT2D eigenvalue weighted by atomic mass is 10.1. The van der Waals surface area contributed by atoms with Crippen molar-refractivity contribution >= 4 is 34.7 Å². The van der Waals surface area contributed by atoms with Gasteiger partial charge < -0.3 is 10.6 Å². The molecule has 0 aliphatic rings. The molecule has 0 aliphatic carbocycles. The standard InChI is InChI=1S/C16H20N4O2S/c1-5-9(2)15(21)17-12-7-6-8-13(10(12)3)18-16(22)14-11(4)19-20-23-14/h6-9H,5H2,1-4H3,(H,17,21)(H,18,22). The summed E-state index contributed by atoms with van der Waals surface area (Å²) in [4.78, 5) is 24.8. The summed E-state index contributed by atoms with van der Waals surface area (Å²) in [6.45, 7) is 7.46. The van der Waals surface area contributed by atoms with Gasteiger partial charge in [0.05, 0.1) is 5.69 Å². The summed E-state index contributed by atoms with van der Waals surface area (Å²) in [7, 11) is 0. The third-order valence-corrected chi connectivity index (χ3v) is 4.58. The minimum Gasteiger partial charge on any atom is -0.326 e. The van der Waals surface area contributed by atoms with E-state index in [1.807, 2.05) is 26.8 Å². The largest absolute Gasteiger partial charge is 0.326 e. The molecular formula is C16H20N4O2S. The first-order valence-corrected chi connectivity index (χ1v) is 8.22. The second kappa shape index (κ2) is 7.32. The Kier molecular flexibility index (Phi) is 5.44. The van der Waals surface area contributed by atoms with Crippen molar-refractivity contribution < 1.29 is 9.59 Å². The molecule has 2 aromatic rings. The van der Waals surface area contributed by atoms with Gasteiger partial charge in [0.2, 0.25) is 5.91 Å². The summed E-state index contributed by atoms with van der Waals surface area (Å²) >= 11 is 1.06. The van der Waals surface area contributed by atoms with Crippen molar-refractivity contribution in [1.29, 1.82) is 0 Å². The first-order chi connectivity index (χ1) is 10.9. The highest BCUT2D eigenvalue weighted by molar-refractivity contribution is 7.08. The van der Waals surface area contributed by atoms with Crippen LogP contribution in [-0.2, 0) is 4.79 Å². The zero-order chi connectivity index (χ0) is 17.0. The van der Waals surface area contributed by atoms with Gasteiger partial charge in [0.1, 0.15) is 4.88 Å². The van der Waals surface area contributed by atoms with Crippen molar-refractivity contribution in [3.05, 3.63) is 34.3 Å². The number of benzene rings is 1. The topological polar surface area (TPSA) is 84.0 Å². The maximum atomic E-state index is 12.3. The third-order valence-electron chi connectivity index (χ3n) is 3.76. The highest BCUT2D eigenvalue weighted by Gasteiger charge is 2.16. The van der Waals surface area contributed by atoms with Crippen molar-refractivity contribution in [1.82, 2.24) is 9.59 Å². The highest BCUT2D eigenvalue weighted by atomic mass is 32.1. The molecule has 0 aliphatic heterocycles. The summed E-state index contributed by atoms with van der Waals surface area (Å²) in [6.07, 6.45) is 0.777. The van der Waals surface area contributed by atoms with Crippen LogP contribution in [0.1, 0.15) is 41.2 Å². The number of aromatic nitrogens is 2. The molecule has 0 spiro atoms. The van der Waals surface area contributed by atoms with Crippen LogP contribution in [0.2, 0.25) is 0 Å². The molecule has 1 heterocycles. The molecule has 2 rings (SSSR count). The van der Waals surface area contributed by atoms with E-state index in [0.29, 0.717) is 21.9 Å². The van der Waals surface area contributed by atoms with Gasteiger partial charge in [-0.25, -0.2) is 0 Å². The molecule has 1 aromatic carbocycles. The molecule has 0 saturated carbocycles. The fraction of sp³-hybridized carbons (Fsp3) is 0.375. The molecular weight excluding hydrogens is 312 g/mol. The Labute approximate surface area is 139 Å². The van der Waals surface area contributed by atoms with Gasteiger partial charge in [0.15, 0.2) is 0 Å². The van der Waals surface area contributed by atoms with Crippen LogP contribution in [0.4, 0.5) is 11.4 Å². The van der Waals surface area contributed by atoms with E-state index in [1.165, 1.54) is 0 Å². The monoisotopic (exact) mass is 332 g/mol. The van der Waals surface area contributed by atoms with Gasteiger partial charge in [0, 0.05) is 17.3 Å². The Bertz CT molecular complexity index is 727. The zero-order valence-electron chi connectivity index (χ0n) is 13.6. The summed E-state index contributed by atoms with van der Waals surface area (Å²) < 4.78 is 3.77. The van der Waals surface area contributed by atoms with Crippen LogP contribution in [0.3, 0.4) is 0 Å². The molecule has 1 aromatic heterocycles. The number of carbonyl (C=O) groups excluding carboxylic acids is 2. The van der Waals surface area contributed by atoms with Crippen molar-refractivity contribution in [2.45, 2.75) is 34.1 Å². The van der Waals surface area contributed by atoms with Crippen LogP contribution in [0.25, 0.3) is 0 Å². The van der Waals surface area contributed by atoms with E-state index < -0.39 is 0 Å². The maximum absolute atomic E-state index is 12.3. The number of anilines is 2. The Balaban J connectivity index is 2.18. The lowest BCUT2D eigenvalue weighted by Crippen LogP contribution is -2.20. The Hall–Kier alpha value is -2.28. The lowest BCUT2D eigenvalue weighted by molar-refractivity contribution is -0.119. The highest BCUT2D eigenvalue weighted by Crippen LogP contribution is 2.25. The van der Waals surface area contributed by atoms with Crippen LogP contribution in [-0.4, -0.2) is 21.4 Å². The number of nitrogens with one attached hydrogen (secondary N) is 2. The van der Waals surface area contributed by atoms with E-state index in [0.717, 1.165) is 23.5 Å². The molecule has 1 unspecified atom stereocenters. The Morgan fingerprint density at radius 2 is 1.87 bits per heavy atom. The molecule has 122 valence electrons. The van der Waals surface area contributed by atoms with Crippen molar-refractivity contribution in [3.63, 3.8) is 0 Å². The maximum Gasteiger partial charge on any atom is 0.269 e. The summed E-state index contributed by atoms with van der Waals surface area (Å²) in [6, 6.07) is 5.42. The fourth-order valence-corrected chi connectivity index (χ4v) is 2.52. The molecule has 1 atom stereocenters. The third kappa shape index (κ3) is 3.92. The average molecular weight is 332 g/mol.